The first kappa shape index (κ1) is 14.3. The van der Waals surface area contributed by atoms with Crippen molar-refractivity contribution in [2.75, 3.05) is 11.4 Å². The zero-order chi connectivity index (χ0) is 15.7. The molecule has 0 saturated carbocycles. The van der Waals surface area contributed by atoms with Gasteiger partial charge in [-0.15, -0.1) is 0 Å². The van der Waals surface area contributed by atoms with Crippen molar-refractivity contribution in [1.82, 2.24) is 4.98 Å². The maximum absolute atomic E-state index is 12.8. The van der Waals surface area contributed by atoms with E-state index in [4.69, 9.17) is 4.42 Å². The minimum absolute atomic E-state index is 0.0318. The quantitative estimate of drug-likeness (QED) is 0.730. The maximum Gasteiger partial charge on any atom is 0.258 e. The number of hydrogen-bond acceptors (Lipinski definition) is 3. The monoisotopic (exact) mass is 294 g/mol. The van der Waals surface area contributed by atoms with Crippen molar-refractivity contribution in [2.45, 2.75) is 20.8 Å². The van der Waals surface area contributed by atoms with Crippen molar-refractivity contribution in [1.29, 1.82) is 0 Å². The Morgan fingerprint density at radius 3 is 2.73 bits per heavy atom. The number of fused-ring (bicyclic) bond motifs is 1. The van der Waals surface area contributed by atoms with E-state index in [1.54, 1.807) is 30.0 Å². The van der Waals surface area contributed by atoms with E-state index in [9.17, 15) is 4.79 Å². The lowest BCUT2D eigenvalue weighted by Crippen LogP contribution is -2.30. The molecule has 0 aliphatic heterocycles. The van der Waals surface area contributed by atoms with Crippen molar-refractivity contribution >= 4 is 22.7 Å². The zero-order valence-corrected chi connectivity index (χ0v) is 13.0. The molecule has 0 radical (unpaired) electrons. The number of aryl methyl sites for hydroxylation is 2. The van der Waals surface area contributed by atoms with Crippen LogP contribution in [0.2, 0.25) is 0 Å². The Bertz CT molecular complexity index is 836. The van der Waals surface area contributed by atoms with Crippen LogP contribution in [0.3, 0.4) is 0 Å². The summed E-state index contributed by atoms with van der Waals surface area (Å²) in [4.78, 5) is 18.9. The summed E-state index contributed by atoms with van der Waals surface area (Å²) in [5.74, 6) is 0.571. The summed E-state index contributed by atoms with van der Waals surface area (Å²) in [6, 6.07) is 13.3. The number of anilines is 1. The molecule has 112 valence electrons. The molecule has 1 heterocycles. The highest BCUT2D eigenvalue weighted by molar-refractivity contribution is 6.07. The van der Waals surface area contributed by atoms with Gasteiger partial charge in [-0.2, -0.15) is 0 Å². The SMILES string of the molecule is CCN(C(=O)c1ccc2oc(C)nc2c1)c1cccc(C)c1. The molecule has 0 saturated heterocycles. The average Bonchev–Trinajstić information content (AvgIpc) is 2.87. The van der Waals surface area contributed by atoms with Crippen molar-refractivity contribution < 1.29 is 9.21 Å². The van der Waals surface area contributed by atoms with Gasteiger partial charge in [0.15, 0.2) is 11.5 Å². The van der Waals surface area contributed by atoms with Crippen LogP contribution in [0.4, 0.5) is 5.69 Å². The fourth-order valence-electron chi connectivity index (χ4n) is 2.57. The van der Waals surface area contributed by atoms with Crippen LogP contribution >= 0.6 is 0 Å². The van der Waals surface area contributed by atoms with Gasteiger partial charge in [0, 0.05) is 24.7 Å². The molecule has 0 aliphatic carbocycles. The summed E-state index contributed by atoms with van der Waals surface area (Å²) in [6.45, 7) is 6.40. The topological polar surface area (TPSA) is 46.3 Å². The van der Waals surface area contributed by atoms with Crippen LogP contribution in [-0.2, 0) is 0 Å². The van der Waals surface area contributed by atoms with Crippen molar-refractivity contribution in [2.24, 2.45) is 0 Å². The molecular weight excluding hydrogens is 276 g/mol. The second kappa shape index (κ2) is 5.64. The third-order valence-corrected chi connectivity index (χ3v) is 3.62. The average molecular weight is 294 g/mol. The Morgan fingerprint density at radius 1 is 1.18 bits per heavy atom. The molecule has 0 fully saturated rings. The van der Waals surface area contributed by atoms with Gasteiger partial charge in [-0.25, -0.2) is 4.98 Å². The van der Waals surface area contributed by atoms with Crippen LogP contribution < -0.4 is 4.90 Å². The van der Waals surface area contributed by atoms with Crippen LogP contribution in [0.5, 0.6) is 0 Å². The van der Waals surface area contributed by atoms with E-state index in [2.05, 4.69) is 4.98 Å². The Morgan fingerprint density at radius 2 is 2.00 bits per heavy atom. The first-order valence-electron chi connectivity index (χ1n) is 7.34. The van der Waals surface area contributed by atoms with E-state index in [1.807, 2.05) is 38.1 Å². The van der Waals surface area contributed by atoms with Crippen molar-refractivity contribution in [3.05, 3.63) is 59.5 Å². The van der Waals surface area contributed by atoms with Gasteiger partial charge in [-0.1, -0.05) is 12.1 Å². The van der Waals surface area contributed by atoms with E-state index < -0.39 is 0 Å². The molecule has 1 amide bonds. The van der Waals surface area contributed by atoms with E-state index in [-0.39, 0.29) is 5.91 Å². The Labute approximate surface area is 129 Å². The van der Waals surface area contributed by atoms with Gasteiger partial charge in [-0.05, 0) is 49.7 Å². The molecule has 0 unspecified atom stereocenters. The Kier molecular flexibility index (Phi) is 3.67. The number of oxazole rings is 1. The summed E-state index contributed by atoms with van der Waals surface area (Å²) < 4.78 is 5.45. The smallest absolute Gasteiger partial charge is 0.258 e. The fraction of sp³-hybridized carbons (Fsp3) is 0.222. The molecular formula is C18H18N2O2. The van der Waals surface area contributed by atoms with Crippen LogP contribution in [0.15, 0.2) is 46.9 Å². The van der Waals surface area contributed by atoms with Crippen LogP contribution in [-0.4, -0.2) is 17.4 Å². The largest absolute Gasteiger partial charge is 0.441 e. The molecule has 22 heavy (non-hydrogen) atoms. The number of amides is 1. The molecule has 0 atom stereocenters. The van der Waals surface area contributed by atoms with Crippen molar-refractivity contribution in [3.63, 3.8) is 0 Å². The number of hydrogen-bond donors (Lipinski definition) is 0. The standard InChI is InChI=1S/C18H18N2O2/c1-4-20(15-7-5-6-12(2)10-15)18(21)14-8-9-17-16(11-14)19-13(3)22-17/h5-11H,4H2,1-3H3. The number of rotatable bonds is 3. The highest BCUT2D eigenvalue weighted by atomic mass is 16.3. The van der Waals surface area contributed by atoms with E-state index in [0.717, 1.165) is 11.3 Å². The summed E-state index contributed by atoms with van der Waals surface area (Å²) in [7, 11) is 0. The molecule has 4 heteroatoms. The number of benzene rings is 2. The minimum atomic E-state index is -0.0318. The van der Waals surface area contributed by atoms with Gasteiger partial charge in [-0.3, -0.25) is 4.79 Å². The highest BCUT2D eigenvalue weighted by Gasteiger charge is 2.17. The van der Waals surface area contributed by atoms with Crippen LogP contribution in [0, 0.1) is 13.8 Å². The molecule has 0 bridgehead atoms. The maximum atomic E-state index is 12.8. The Hall–Kier alpha value is -2.62. The summed E-state index contributed by atoms with van der Waals surface area (Å²) in [5, 5.41) is 0. The molecule has 0 spiro atoms. The summed E-state index contributed by atoms with van der Waals surface area (Å²) in [6.07, 6.45) is 0. The lowest BCUT2D eigenvalue weighted by molar-refractivity contribution is 0.0988. The summed E-state index contributed by atoms with van der Waals surface area (Å²) >= 11 is 0. The number of carbonyl (C=O) groups excluding carboxylic acids is 1. The Balaban J connectivity index is 1.98. The second-order valence-electron chi connectivity index (χ2n) is 5.30. The predicted molar refractivity (Wildman–Crippen MR) is 87.3 cm³/mol. The number of carbonyl (C=O) groups is 1. The number of nitrogens with zero attached hydrogens (tertiary/aromatic N) is 2. The van der Waals surface area contributed by atoms with Crippen LogP contribution in [0.1, 0.15) is 28.7 Å². The molecule has 0 aliphatic rings. The van der Waals surface area contributed by atoms with E-state index in [0.29, 0.717) is 29.1 Å². The number of aromatic nitrogens is 1. The second-order valence-corrected chi connectivity index (χ2v) is 5.30. The minimum Gasteiger partial charge on any atom is -0.441 e. The normalized spacial score (nSPS) is 10.9. The van der Waals surface area contributed by atoms with Gasteiger partial charge in [0.1, 0.15) is 5.52 Å². The molecule has 1 aromatic heterocycles. The predicted octanol–water partition coefficient (Wildman–Crippen LogP) is 4.11. The first-order chi connectivity index (χ1) is 10.6. The molecule has 4 nitrogen and oxygen atoms in total. The molecule has 0 N–H and O–H groups in total. The van der Waals surface area contributed by atoms with Gasteiger partial charge in [0.05, 0.1) is 0 Å². The third kappa shape index (κ3) is 2.60. The molecule has 3 rings (SSSR count). The highest BCUT2D eigenvalue weighted by Crippen LogP contribution is 2.21. The zero-order valence-electron chi connectivity index (χ0n) is 13.0. The van der Waals surface area contributed by atoms with Gasteiger partial charge in [0.25, 0.3) is 5.91 Å². The van der Waals surface area contributed by atoms with Gasteiger partial charge < -0.3 is 9.32 Å². The van der Waals surface area contributed by atoms with E-state index in [1.165, 1.54) is 0 Å². The van der Waals surface area contributed by atoms with Crippen LogP contribution in [0.25, 0.3) is 11.1 Å². The van der Waals surface area contributed by atoms with Gasteiger partial charge in [0.2, 0.25) is 0 Å². The van der Waals surface area contributed by atoms with Crippen molar-refractivity contribution in [3.8, 4) is 0 Å². The fourth-order valence-corrected chi connectivity index (χ4v) is 2.57. The molecule has 3 aromatic rings. The van der Waals surface area contributed by atoms with Gasteiger partial charge >= 0.3 is 0 Å². The summed E-state index contributed by atoms with van der Waals surface area (Å²) in [5.41, 5.74) is 4.07. The first-order valence-corrected chi connectivity index (χ1v) is 7.34. The lowest BCUT2D eigenvalue weighted by Gasteiger charge is -2.21. The lowest BCUT2D eigenvalue weighted by atomic mass is 10.1. The molecule has 2 aromatic carbocycles. The third-order valence-electron chi connectivity index (χ3n) is 3.62. The van der Waals surface area contributed by atoms with E-state index >= 15 is 0 Å².